The molecule has 102 valence electrons. The molecule has 0 saturated heterocycles. The van der Waals surface area contributed by atoms with E-state index in [1.807, 2.05) is 47.3 Å². The van der Waals surface area contributed by atoms with Crippen LogP contribution in [0.25, 0.3) is 5.69 Å². The molecule has 0 unspecified atom stereocenters. The molecule has 4 nitrogen and oxygen atoms in total. The fourth-order valence-electron chi connectivity index (χ4n) is 1.85. The first-order chi connectivity index (χ1) is 9.72. The van der Waals surface area contributed by atoms with E-state index in [4.69, 9.17) is 4.42 Å². The maximum atomic E-state index is 5.53. The Labute approximate surface area is 133 Å². The Morgan fingerprint density at radius 3 is 2.80 bits per heavy atom. The van der Waals surface area contributed by atoms with E-state index in [1.54, 1.807) is 6.20 Å². The third-order valence-corrected chi connectivity index (χ3v) is 4.49. The largest absolute Gasteiger partial charge is 0.451 e. The molecule has 0 radical (unpaired) electrons. The summed E-state index contributed by atoms with van der Waals surface area (Å²) in [6, 6.07) is 11.9. The van der Waals surface area contributed by atoms with Gasteiger partial charge in [0.05, 0.1) is 16.7 Å². The molecule has 20 heavy (non-hydrogen) atoms. The van der Waals surface area contributed by atoms with Gasteiger partial charge in [-0.1, -0.05) is 6.07 Å². The molecule has 0 aliphatic carbocycles. The van der Waals surface area contributed by atoms with Crippen LogP contribution in [0, 0.1) is 0 Å². The third kappa shape index (κ3) is 2.96. The first-order valence-corrected chi connectivity index (χ1v) is 7.58. The summed E-state index contributed by atoms with van der Waals surface area (Å²) in [6.45, 7) is 0.618. The molecular formula is C14H11Br2N3O. The van der Waals surface area contributed by atoms with Crippen LogP contribution < -0.4 is 5.32 Å². The van der Waals surface area contributed by atoms with Gasteiger partial charge < -0.3 is 9.73 Å². The predicted molar refractivity (Wildman–Crippen MR) is 85.0 cm³/mol. The third-order valence-electron chi connectivity index (χ3n) is 2.78. The highest BCUT2D eigenvalue weighted by Gasteiger charge is 2.06. The summed E-state index contributed by atoms with van der Waals surface area (Å²) in [5.41, 5.74) is 2.03. The summed E-state index contributed by atoms with van der Waals surface area (Å²) in [4.78, 5) is 0. The fourth-order valence-corrected chi connectivity index (χ4v) is 2.51. The maximum Gasteiger partial charge on any atom is 0.183 e. The lowest BCUT2D eigenvalue weighted by molar-refractivity contribution is 0.494. The van der Waals surface area contributed by atoms with Crippen LogP contribution in [0.15, 0.2) is 62.4 Å². The summed E-state index contributed by atoms with van der Waals surface area (Å²) < 4.78 is 8.98. The van der Waals surface area contributed by atoms with E-state index in [0.29, 0.717) is 11.2 Å². The minimum Gasteiger partial charge on any atom is -0.451 e. The second kappa shape index (κ2) is 5.85. The van der Waals surface area contributed by atoms with Crippen molar-refractivity contribution in [3.8, 4) is 5.69 Å². The SMILES string of the molecule is Brc1cc(CNc2cccc(-n3cccn3)c2)oc1Br. The number of hydrogen-bond acceptors (Lipinski definition) is 3. The lowest BCUT2D eigenvalue weighted by atomic mass is 10.2. The lowest BCUT2D eigenvalue weighted by Crippen LogP contribution is -2.00. The zero-order valence-electron chi connectivity index (χ0n) is 10.4. The van der Waals surface area contributed by atoms with Gasteiger partial charge in [-0.15, -0.1) is 0 Å². The Hall–Kier alpha value is -1.53. The van der Waals surface area contributed by atoms with Crippen LogP contribution in [0.4, 0.5) is 5.69 Å². The zero-order chi connectivity index (χ0) is 13.9. The highest BCUT2D eigenvalue weighted by Crippen LogP contribution is 2.27. The average molecular weight is 397 g/mol. The summed E-state index contributed by atoms with van der Waals surface area (Å²) in [6.07, 6.45) is 3.68. The van der Waals surface area contributed by atoms with Crippen molar-refractivity contribution >= 4 is 37.5 Å². The van der Waals surface area contributed by atoms with Crippen molar-refractivity contribution in [3.63, 3.8) is 0 Å². The van der Waals surface area contributed by atoms with Crippen molar-refractivity contribution in [1.29, 1.82) is 0 Å². The van der Waals surface area contributed by atoms with E-state index in [-0.39, 0.29) is 0 Å². The van der Waals surface area contributed by atoms with Gasteiger partial charge in [-0.25, -0.2) is 4.68 Å². The van der Waals surface area contributed by atoms with E-state index < -0.39 is 0 Å². The molecule has 2 aromatic heterocycles. The second-order valence-electron chi connectivity index (χ2n) is 4.19. The first kappa shape index (κ1) is 13.5. The number of furan rings is 1. The first-order valence-electron chi connectivity index (χ1n) is 6.00. The molecule has 0 bridgehead atoms. The standard InChI is InChI=1S/C14H11Br2N3O/c15-13-8-12(20-14(13)16)9-17-10-3-1-4-11(7-10)19-6-2-5-18-19/h1-8,17H,9H2. The van der Waals surface area contributed by atoms with E-state index in [9.17, 15) is 0 Å². The molecule has 3 aromatic rings. The van der Waals surface area contributed by atoms with Gasteiger partial charge in [-0.2, -0.15) is 5.10 Å². The van der Waals surface area contributed by atoms with Crippen LogP contribution in [0.2, 0.25) is 0 Å². The van der Waals surface area contributed by atoms with Gasteiger partial charge in [0.1, 0.15) is 5.76 Å². The van der Waals surface area contributed by atoms with Crippen LogP contribution in [0.5, 0.6) is 0 Å². The Kier molecular flexibility index (Phi) is 3.93. The zero-order valence-corrected chi connectivity index (χ0v) is 13.6. The van der Waals surface area contributed by atoms with Crippen molar-refractivity contribution in [2.45, 2.75) is 6.54 Å². The molecule has 0 aliphatic heterocycles. The van der Waals surface area contributed by atoms with Crippen molar-refractivity contribution in [2.24, 2.45) is 0 Å². The normalized spacial score (nSPS) is 10.7. The number of aromatic nitrogens is 2. The molecule has 2 heterocycles. The van der Waals surface area contributed by atoms with Crippen LogP contribution in [0.3, 0.4) is 0 Å². The topological polar surface area (TPSA) is 43.0 Å². The second-order valence-corrected chi connectivity index (χ2v) is 5.76. The molecule has 6 heteroatoms. The summed E-state index contributed by atoms with van der Waals surface area (Å²) in [7, 11) is 0. The highest BCUT2D eigenvalue weighted by atomic mass is 79.9. The molecule has 1 N–H and O–H groups in total. The van der Waals surface area contributed by atoms with E-state index in [2.05, 4.69) is 42.3 Å². The predicted octanol–water partition coefficient (Wildman–Crippen LogP) is 4.60. The molecule has 0 saturated carbocycles. The summed E-state index contributed by atoms with van der Waals surface area (Å²) in [5.74, 6) is 0.855. The minimum atomic E-state index is 0.618. The van der Waals surface area contributed by atoms with Crippen molar-refractivity contribution < 1.29 is 4.42 Å². The number of benzene rings is 1. The Morgan fingerprint density at radius 1 is 1.20 bits per heavy atom. The summed E-state index contributed by atoms with van der Waals surface area (Å²) in [5, 5.41) is 7.55. The van der Waals surface area contributed by atoms with Gasteiger partial charge in [0, 0.05) is 18.1 Å². The molecule has 0 atom stereocenters. The minimum absolute atomic E-state index is 0.618. The molecular weight excluding hydrogens is 386 g/mol. The molecule has 0 spiro atoms. The quantitative estimate of drug-likeness (QED) is 0.700. The number of nitrogens with one attached hydrogen (secondary N) is 1. The smallest absolute Gasteiger partial charge is 0.183 e. The Bertz CT molecular complexity index is 688. The number of halogens is 2. The van der Waals surface area contributed by atoms with Crippen molar-refractivity contribution in [3.05, 3.63) is 63.7 Å². The van der Waals surface area contributed by atoms with Gasteiger partial charge >= 0.3 is 0 Å². The number of anilines is 1. The Morgan fingerprint density at radius 2 is 2.10 bits per heavy atom. The van der Waals surface area contributed by atoms with Crippen LogP contribution in [-0.2, 0) is 6.54 Å². The average Bonchev–Trinajstić information content (AvgIpc) is 3.08. The van der Waals surface area contributed by atoms with E-state index in [1.165, 1.54) is 0 Å². The van der Waals surface area contributed by atoms with Gasteiger partial charge in [-0.05, 0) is 62.2 Å². The molecule has 3 rings (SSSR count). The maximum absolute atomic E-state index is 5.53. The van der Waals surface area contributed by atoms with Crippen LogP contribution >= 0.6 is 31.9 Å². The molecule has 0 fully saturated rings. The highest BCUT2D eigenvalue weighted by molar-refractivity contribution is 9.13. The van der Waals surface area contributed by atoms with Crippen LogP contribution in [-0.4, -0.2) is 9.78 Å². The molecule has 1 aromatic carbocycles. The van der Waals surface area contributed by atoms with Gasteiger partial charge in [0.2, 0.25) is 0 Å². The van der Waals surface area contributed by atoms with E-state index in [0.717, 1.165) is 21.6 Å². The number of rotatable bonds is 4. The van der Waals surface area contributed by atoms with Gasteiger partial charge in [0.15, 0.2) is 4.67 Å². The van der Waals surface area contributed by atoms with Crippen molar-refractivity contribution in [2.75, 3.05) is 5.32 Å². The molecule has 0 aliphatic rings. The number of nitrogens with zero attached hydrogens (tertiary/aromatic N) is 2. The summed E-state index contributed by atoms with van der Waals surface area (Å²) >= 11 is 6.73. The van der Waals surface area contributed by atoms with Gasteiger partial charge in [-0.3, -0.25) is 0 Å². The number of hydrogen-bond donors (Lipinski definition) is 1. The fraction of sp³-hybridized carbons (Fsp3) is 0.0714. The monoisotopic (exact) mass is 395 g/mol. The lowest BCUT2D eigenvalue weighted by Gasteiger charge is -2.07. The van der Waals surface area contributed by atoms with Crippen molar-refractivity contribution in [1.82, 2.24) is 9.78 Å². The van der Waals surface area contributed by atoms with E-state index >= 15 is 0 Å². The Balaban J connectivity index is 1.73. The van der Waals surface area contributed by atoms with Gasteiger partial charge in [0.25, 0.3) is 0 Å². The molecule has 0 amide bonds. The van der Waals surface area contributed by atoms with Crippen LogP contribution in [0.1, 0.15) is 5.76 Å².